The molecule has 1 fully saturated rings. The molecule has 1 saturated heterocycles. The molecule has 1 aliphatic heterocycles. The highest BCUT2D eigenvalue weighted by Crippen LogP contribution is 2.23. The number of sulfonamides is 1. The largest absolute Gasteiger partial charge is 0.373 e. The van der Waals surface area contributed by atoms with Crippen LogP contribution in [-0.4, -0.2) is 43.9 Å². The highest BCUT2D eigenvalue weighted by molar-refractivity contribution is 7.89. The summed E-state index contributed by atoms with van der Waals surface area (Å²) < 4.78 is 32.8. The number of carbonyl (C=O) groups excluding carboxylic acids is 1. The van der Waals surface area contributed by atoms with Gasteiger partial charge in [0.15, 0.2) is 0 Å². The van der Waals surface area contributed by atoms with Gasteiger partial charge in [-0.15, -0.1) is 0 Å². The molecule has 150 valence electrons. The van der Waals surface area contributed by atoms with Crippen molar-refractivity contribution in [2.24, 2.45) is 0 Å². The maximum atomic E-state index is 12.9. The van der Waals surface area contributed by atoms with Gasteiger partial charge in [-0.25, -0.2) is 8.42 Å². The van der Waals surface area contributed by atoms with Crippen LogP contribution >= 0.6 is 11.6 Å². The van der Waals surface area contributed by atoms with Crippen LogP contribution in [0.25, 0.3) is 0 Å². The minimum atomic E-state index is -3.63. The molecular weight excluding hydrogens is 400 g/mol. The molecule has 0 aliphatic carbocycles. The van der Waals surface area contributed by atoms with Crippen molar-refractivity contribution < 1.29 is 17.9 Å². The highest BCUT2D eigenvalue weighted by atomic mass is 35.5. The summed E-state index contributed by atoms with van der Waals surface area (Å²) in [4.78, 5) is 12.6. The van der Waals surface area contributed by atoms with E-state index in [1.54, 1.807) is 18.2 Å². The molecule has 8 heteroatoms. The lowest BCUT2D eigenvalue weighted by atomic mass is 10.1. The summed E-state index contributed by atoms with van der Waals surface area (Å²) >= 11 is 5.93. The predicted molar refractivity (Wildman–Crippen MR) is 109 cm³/mol. The van der Waals surface area contributed by atoms with E-state index in [1.165, 1.54) is 28.6 Å². The summed E-state index contributed by atoms with van der Waals surface area (Å²) in [6.07, 6.45) is -0.322. The first-order valence-electron chi connectivity index (χ1n) is 9.00. The molecule has 2 atom stereocenters. The minimum absolute atomic E-state index is 0.160. The number of anilines is 1. The first-order chi connectivity index (χ1) is 13.2. The standard InChI is InChI=1S/C20H23ClN2O4S/c1-13-10-17(21)6-9-19(13)22-20(24)16-4-7-18(8-5-16)28(25,26)23-11-14(2)27-15(3)12-23/h4-10,14-15H,11-12H2,1-3H3,(H,22,24)/t14-,15-/m0/s1. The summed E-state index contributed by atoms with van der Waals surface area (Å²) in [6.45, 7) is 6.17. The molecule has 0 saturated carbocycles. The Kier molecular flexibility index (Phi) is 6.09. The molecule has 1 aliphatic rings. The van der Waals surface area contributed by atoms with Gasteiger partial charge in [0.1, 0.15) is 0 Å². The third kappa shape index (κ3) is 4.55. The number of carbonyl (C=O) groups is 1. The summed E-state index contributed by atoms with van der Waals surface area (Å²) in [5, 5.41) is 3.41. The van der Waals surface area contributed by atoms with Gasteiger partial charge < -0.3 is 10.1 Å². The summed E-state index contributed by atoms with van der Waals surface area (Å²) in [5.74, 6) is -0.317. The average Bonchev–Trinajstić information content (AvgIpc) is 2.63. The molecule has 3 rings (SSSR count). The molecule has 0 unspecified atom stereocenters. The maximum Gasteiger partial charge on any atom is 0.255 e. The van der Waals surface area contributed by atoms with Crippen LogP contribution < -0.4 is 5.32 Å². The predicted octanol–water partition coefficient (Wildman–Crippen LogP) is 3.70. The van der Waals surface area contributed by atoms with E-state index in [2.05, 4.69) is 5.32 Å². The Balaban J connectivity index is 1.76. The SMILES string of the molecule is Cc1cc(Cl)ccc1NC(=O)c1ccc(S(=O)(=O)N2C[C@H](C)O[C@@H](C)C2)cc1. The van der Waals surface area contributed by atoms with Gasteiger partial charge in [-0.05, 0) is 68.8 Å². The number of ether oxygens (including phenoxy) is 1. The molecule has 0 spiro atoms. The number of benzene rings is 2. The smallest absolute Gasteiger partial charge is 0.255 e. The molecule has 1 heterocycles. The lowest BCUT2D eigenvalue weighted by Gasteiger charge is -2.34. The van der Waals surface area contributed by atoms with Crippen LogP contribution in [0.3, 0.4) is 0 Å². The summed E-state index contributed by atoms with van der Waals surface area (Å²) in [5.41, 5.74) is 1.87. The van der Waals surface area contributed by atoms with E-state index in [0.29, 0.717) is 29.4 Å². The second-order valence-corrected chi connectivity index (χ2v) is 9.39. The highest BCUT2D eigenvalue weighted by Gasteiger charge is 2.32. The van der Waals surface area contributed by atoms with Crippen LogP contribution in [0.2, 0.25) is 5.02 Å². The Hall–Kier alpha value is -1.93. The Morgan fingerprint density at radius 2 is 1.71 bits per heavy atom. The Morgan fingerprint density at radius 3 is 2.29 bits per heavy atom. The van der Waals surface area contributed by atoms with E-state index in [0.717, 1.165) is 5.56 Å². The van der Waals surface area contributed by atoms with E-state index in [1.807, 2.05) is 20.8 Å². The van der Waals surface area contributed by atoms with E-state index in [9.17, 15) is 13.2 Å². The van der Waals surface area contributed by atoms with Gasteiger partial charge in [0, 0.05) is 29.4 Å². The molecule has 1 amide bonds. The zero-order valence-electron chi connectivity index (χ0n) is 16.0. The Morgan fingerprint density at radius 1 is 1.11 bits per heavy atom. The number of aryl methyl sites for hydroxylation is 1. The third-order valence-electron chi connectivity index (χ3n) is 4.58. The van der Waals surface area contributed by atoms with Crippen molar-refractivity contribution in [1.82, 2.24) is 4.31 Å². The normalized spacial score (nSPS) is 20.7. The molecule has 2 aromatic rings. The molecular formula is C20H23ClN2O4S. The van der Waals surface area contributed by atoms with Crippen LogP contribution in [-0.2, 0) is 14.8 Å². The summed E-state index contributed by atoms with van der Waals surface area (Å²) in [6, 6.07) is 11.1. The molecule has 2 aromatic carbocycles. The quantitative estimate of drug-likeness (QED) is 0.815. The zero-order valence-corrected chi connectivity index (χ0v) is 17.5. The van der Waals surface area contributed by atoms with Crippen molar-refractivity contribution in [3.05, 3.63) is 58.6 Å². The topological polar surface area (TPSA) is 75.7 Å². The molecule has 28 heavy (non-hydrogen) atoms. The number of rotatable bonds is 4. The second-order valence-electron chi connectivity index (χ2n) is 7.02. The number of hydrogen-bond acceptors (Lipinski definition) is 4. The lowest BCUT2D eigenvalue weighted by molar-refractivity contribution is -0.0440. The fourth-order valence-corrected chi connectivity index (χ4v) is 5.03. The van der Waals surface area contributed by atoms with Gasteiger partial charge in [-0.1, -0.05) is 11.6 Å². The number of amides is 1. The van der Waals surface area contributed by atoms with Gasteiger partial charge in [0.05, 0.1) is 17.1 Å². The number of nitrogens with zero attached hydrogens (tertiary/aromatic N) is 1. The van der Waals surface area contributed by atoms with Crippen LogP contribution in [0.1, 0.15) is 29.8 Å². The third-order valence-corrected chi connectivity index (χ3v) is 6.66. The molecule has 0 radical (unpaired) electrons. The first kappa shape index (κ1) is 20.8. The van der Waals surface area contributed by atoms with Crippen molar-refractivity contribution in [2.45, 2.75) is 37.9 Å². The number of halogens is 1. The first-order valence-corrected chi connectivity index (χ1v) is 10.8. The molecule has 0 aromatic heterocycles. The van der Waals surface area contributed by atoms with Crippen molar-refractivity contribution in [3.63, 3.8) is 0 Å². The van der Waals surface area contributed by atoms with E-state index in [4.69, 9.17) is 16.3 Å². The van der Waals surface area contributed by atoms with Gasteiger partial charge >= 0.3 is 0 Å². The Bertz CT molecular complexity index is 966. The van der Waals surface area contributed by atoms with Crippen LogP contribution in [0.4, 0.5) is 5.69 Å². The zero-order chi connectivity index (χ0) is 20.5. The van der Waals surface area contributed by atoms with Crippen LogP contribution in [0.5, 0.6) is 0 Å². The van der Waals surface area contributed by atoms with Gasteiger partial charge in [0.25, 0.3) is 5.91 Å². The Labute approximate surface area is 170 Å². The molecule has 6 nitrogen and oxygen atoms in total. The number of hydrogen-bond donors (Lipinski definition) is 1. The van der Waals surface area contributed by atoms with E-state index in [-0.39, 0.29) is 23.0 Å². The van der Waals surface area contributed by atoms with E-state index >= 15 is 0 Å². The monoisotopic (exact) mass is 422 g/mol. The number of morpholine rings is 1. The summed E-state index contributed by atoms with van der Waals surface area (Å²) in [7, 11) is -3.63. The van der Waals surface area contributed by atoms with E-state index < -0.39 is 10.0 Å². The fourth-order valence-electron chi connectivity index (χ4n) is 3.22. The van der Waals surface area contributed by atoms with Crippen LogP contribution in [0.15, 0.2) is 47.4 Å². The number of nitrogens with one attached hydrogen (secondary N) is 1. The molecule has 0 bridgehead atoms. The minimum Gasteiger partial charge on any atom is -0.373 e. The van der Waals surface area contributed by atoms with Crippen LogP contribution in [0, 0.1) is 6.92 Å². The van der Waals surface area contributed by atoms with Crippen molar-refractivity contribution in [3.8, 4) is 0 Å². The van der Waals surface area contributed by atoms with Crippen molar-refractivity contribution >= 4 is 33.2 Å². The van der Waals surface area contributed by atoms with Gasteiger partial charge in [0.2, 0.25) is 10.0 Å². The average molecular weight is 423 g/mol. The van der Waals surface area contributed by atoms with Crippen molar-refractivity contribution in [2.75, 3.05) is 18.4 Å². The lowest BCUT2D eigenvalue weighted by Crippen LogP contribution is -2.48. The second kappa shape index (κ2) is 8.21. The van der Waals surface area contributed by atoms with Crippen molar-refractivity contribution in [1.29, 1.82) is 0 Å². The fraction of sp³-hybridized carbons (Fsp3) is 0.350. The van der Waals surface area contributed by atoms with Gasteiger partial charge in [-0.3, -0.25) is 4.79 Å². The maximum absolute atomic E-state index is 12.9. The molecule has 1 N–H and O–H groups in total. The van der Waals surface area contributed by atoms with Gasteiger partial charge in [-0.2, -0.15) is 4.31 Å².